The lowest BCUT2D eigenvalue weighted by Gasteiger charge is -2.34. The fourth-order valence-corrected chi connectivity index (χ4v) is 3.75. The fraction of sp³-hybridized carbons (Fsp3) is 0.632. The van der Waals surface area contributed by atoms with E-state index in [1.807, 2.05) is 24.3 Å². The molecule has 0 spiro atoms. The first-order valence-electron chi connectivity index (χ1n) is 9.13. The van der Waals surface area contributed by atoms with E-state index in [1.165, 1.54) is 13.1 Å². The van der Waals surface area contributed by atoms with Gasteiger partial charge in [0.2, 0.25) is 5.91 Å². The highest BCUT2D eigenvalue weighted by atomic mass is 35.5. The monoisotopic (exact) mass is 349 g/mol. The smallest absolute Gasteiger partial charge is 0.230 e. The number of nitrogens with zero attached hydrogens (tertiary/aromatic N) is 2. The van der Waals surface area contributed by atoms with Gasteiger partial charge in [0.15, 0.2) is 0 Å². The van der Waals surface area contributed by atoms with Crippen LogP contribution in [0.4, 0.5) is 0 Å². The molecular formula is C19H28ClN3O. The van der Waals surface area contributed by atoms with E-state index in [1.54, 1.807) is 0 Å². The van der Waals surface area contributed by atoms with Crippen LogP contribution < -0.4 is 5.32 Å². The van der Waals surface area contributed by atoms with E-state index >= 15 is 0 Å². The maximum absolute atomic E-state index is 12.6. The highest BCUT2D eigenvalue weighted by Gasteiger charge is 2.51. The molecular weight excluding hydrogens is 322 g/mol. The van der Waals surface area contributed by atoms with Crippen molar-refractivity contribution in [2.45, 2.75) is 31.6 Å². The van der Waals surface area contributed by atoms with Crippen LogP contribution in [0, 0.1) is 0 Å². The third kappa shape index (κ3) is 4.11. The minimum absolute atomic E-state index is 0.167. The van der Waals surface area contributed by atoms with E-state index in [2.05, 4.69) is 22.0 Å². The Hall–Kier alpha value is -1.10. The Morgan fingerprint density at radius 3 is 2.54 bits per heavy atom. The summed E-state index contributed by atoms with van der Waals surface area (Å²) in [5.41, 5.74) is 0.737. The molecule has 1 N–H and O–H groups in total. The molecule has 1 aromatic rings. The van der Waals surface area contributed by atoms with Gasteiger partial charge in [-0.25, -0.2) is 0 Å². The molecule has 0 atom stereocenters. The first kappa shape index (κ1) is 17.7. The van der Waals surface area contributed by atoms with Crippen molar-refractivity contribution >= 4 is 17.5 Å². The van der Waals surface area contributed by atoms with Gasteiger partial charge in [-0.3, -0.25) is 4.79 Å². The normalized spacial score (nSPS) is 20.8. The summed E-state index contributed by atoms with van der Waals surface area (Å²) in [7, 11) is 0. The predicted octanol–water partition coefficient (Wildman–Crippen LogP) is 2.52. The van der Waals surface area contributed by atoms with Crippen LogP contribution in [0.2, 0.25) is 5.02 Å². The van der Waals surface area contributed by atoms with E-state index in [-0.39, 0.29) is 11.3 Å². The molecule has 1 heterocycles. The highest BCUT2D eigenvalue weighted by Crippen LogP contribution is 2.48. The highest BCUT2D eigenvalue weighted by molar-refractivity contribution is 6.30. The topological polar surface area (TPSA) is 35.6 Å². The van der Waals surface area contributed by atoms with Crippen molar-refractivity contribution in [1.29, 1.82) is 0 Å². The first-order valence-corrected chi connectivity index (χ1v) is 9.51. The molecule has 0 unspecified atom stereocenters. The number of benzene rings is 1. The Morgan fingerprint density at radius 2 is 1.92 bits per heavy atom. The molecule has 0 bridgehead atoms. The van der Waals surface area contributed by atoms with Crippen LogP contribution in [0.15, 0.2) is 24.3 Å². The Morgan fingerprint density at radius 1 is 1.21 bits per heavy atom. The van der Waals surface area contributed by atoms with Gasteiger partial charge in [-0.1, -0.05) is 30.7 Å². The van der Waals surface area contributed by atoms with Crippen molar-refractivity contribution in [1.82, 2.24) is 15.1 Å². The van der Waals surface area contributed by atoms with Gasteiger partial charge in [0.05, 0.1) is 5.41 Å². The minimum atomic E-state index is -0.322. The Kier molecular flexibility index (Phi) is 5.80. The third-order valence-corrected chi connectivity index (χ3v) is 5.65. The zero-order valence-electron chi connectivity index (χ0n) is 14.6. The predicted molar refractivity (Wildman–Crippen MR) is 98.5 cm³/mol. The minimum Gasteiger partial charge on any atom is -0.355 e. The zero-order chi connectivity index (χ0) is 17.0. The molecule has 1 aromatic carbocycles. The van der Waals surface area contributed by atoms with Crippen molar-refractivity contribution in [2.24, 2.45) is 0 Å². The molecule has 132 valence electrons. The first-order chi connectivity index (χ1) is 11.6. The van der Waals surface area contributed by atoms with Gasteiger partial charge < -0.3 is 15.1 Å². The summed E-state index contributed by atoms with van der Waals surface area (Å²) in [6.07, 6.45) is 2.87. The molecule has 5 heteroatoms. The fourth-order valence-electron chi connectivity index (χ4n) is 3.56. The lowest BCUT2D eigenvalue weighted by atomic mass is 9.95. The molecule has 1 saturated heterocycles. The molecule has 4 nitrogen and oxygen atoms in total. The van der Waals surface area contributed by atoms with Gasteiger partial charge in [0, 0.05) is 37.7 Å². The summed E-state index contributed by atoms with van der Waals surface area (Å²) in [5.74, 6) is 0.167. The number of carbonyl (C=O) groups excluding carboxylic acids is 1. The van der Waals surface area contributed by atoms with Crippen molar-refractivity contribution in [3.8, 4) is 0 Å². The number of hydrogen-bond acceptors (Lipinski definition) is 3. The second-order valence-electron chi connectivity index (χ2n) is 6.98. The van der Waals surface area contributed by atoms with Crippen molar-refractivity contribution in [2.75, 3.05) is 45.8 Å². The number of rotatable bonds is 7. The van der Waals surface area contributed by atoms with E-state index in [0.29, 0.717) is 5.02 Å². The zero-order valence-corrected chi connectivity index (χ0v) is 15.3. The standard InChI is InChI=1S/C19H28ClN3O/c1-2-22-11-13-23(14-12-22)10-4-9-21-18(24)19(7-8-19)16-5-3-6-17(20)15-16/h3,5-6,15H,2,4,7-14H2,1H3,(H,21,24). The second-order valence-corrected chi connectivity index (χ2v) is 7.41. The third-order valence-electron chi connectivity index (χ3n) is 5.41. The molecule has 24 heavy (non-hydrogen) atoms. The van der Waals surface area contributed by atoms with Crippen molar-refractivity contribution in [3.05, 3.63) is 34.9 Å². The van der Waals surface area contributed by atoms with Crippen molar-refractivity contribution in [3.63, 3.8) is 0 Å². The van der Waals surface area contributed by atoms with E-state index in [4.69, 9.17) is 11.6 Å². The number of likely N-dealkylation sites (N-methyl/N-ethyl adjacent to an activating group) is 1. The average molecular weight is 350 g/mol. The van der Waals surface area contributed by atoms with Gasteiger partial charge in [0.1, 0.15) is 0 Å². The quantitative estimate of drug-likeness (QED) is 0.768. The SMILES string of the molecule is CCN1CCN(CCCNC(=O)C2(c3cccc(Cl)c3)CC2)CC1. The summed E-state index contributed by atoms with van der Waals surface area (Å²) in [5, 5.41) is 3.85. The van der Waals surface area contributed by atoms with Gasteiger partial charge in [-0.15, -0.1) is 0 Å². The number of piperazine rings is 1. The molecule has 1 aliphatic heterocycles. The largest absolute Gasteiger partial charge is 0.355 e. The summed E-state index contributed by atoms with van der Waals surface area (Å²) in [6, 6.07) is 7.74. The molecule has 1 amide bonds. The van der Waals surface area contributed by atoms with Crippen molar-refractivity contribution < 1.29 is 4.79 Å². The van der Waals surface area contributed by atoms with Crippen LogP contribution in [-0.4, -0.2) is 61.5 Å². The van der Waals surface area contributed by atoms with Gasteiger partial charge in [-0.05, 0) is 50.0 Å². The number of halogens is 1. The Balaban J connectivity index is 1.40. The summed E-state index contributed by atoms with van der Waals surface area (Å²) < 4.78 is 0. The Bertz CT molecular complexity index is 565. The van der Waals surface area contributed by atoms with E-state index in [0.717, 1.165) is 57.5 Å². The number of nitrogens with one attached hydrogen (secondary N) is 1. The number of hydrogen-bond donors (Lipinski definition) is 1. The van der Waals surface area contributed by atoms with E-state index in [9.17, 15) is 4.79 Å². The summed E-state index contributed by atoms with van der Waals surface area (Å²) in [4.78, 5) is 17.6. The van der Waals surface area contributed by atoms with Crippen LogP contribution >= 0.6 is 11.6 Å². The van der Waals surface area contributed by atoms with Crippen LogP contribution in [0.1, 0.15) is 31.7 Å². The molecule has 1 saturated carbocycles. The average Bonchev–Trinajstić information content (AvgIpc) is 3.41. The maximum Gasteiger partial charge on any atom is 0.230 e. The van der Waals surface area contributed by atoms with Gasteiger partial charge >= 0.3 is 0 Å². The summed E-state index contributed by atoms with van der Waals surface area (Å²) >= 11 is 6.08. The van der Waals surface area contributed by atoms with Crippen LogP contribution in [0.3, 0.4) is 0 Å². The molecule has 1 aliphatic carbocycles. The Labute approximate surface area is 150 Å². The van der Waals surface area contributed by atoms with Crippen LogP contribution in [0.5, 0.6) is 0 Å². The summed E-state index contributed by atoms with van der Waals surface area (Å²) in [6.45, 7) is 9.83. The molecule has 2 fully saturated rings. The number of carbonyl (C=O) groups is 1. The molecule has 0 radical (unpaired) electrons. The number of amides is 1. The maximum atomic E-state index is 12.6. The molecule has 0 aromatic heterocycles. The van der Waals surface area contributed by atoms with Gasteiger partial charge in [0.25, 0.3) is 0 Å². The lowest BCUT2D eigenvalue weighted by molar-refractivity contribution is -0.123. The lowest BCUT2D eigenvalue weighted by Crippen LogP contribution is -2.46. The van der Waals surface area contributed by atoms with Crippen LogP contribution in [-0.2, 0) is 10.2 Å². The van der Waals surface area contributed by atoms with Gasteiger partial charge in [-0.2, -0.15) is 0 Å². The molecule has 2 aliphatic rings. The molecule has 3 rings (SSSR count). The second kappa shape index (κ2) is 7.85. The van der Waals surface area contributed by atoms with Crippen LogP contribution in [0.25, 0.3) is 0 Å². The van der Waals surface area contributed by atoms with E-state index < -0.39 is 0 Å².